The molecule has 10 heavy (non-hydrogen) atoms. The summed E-state index contributed by atoms with van der Waals surface area (Å²) >= 11 is 0. The molecular formula is C10H8. The lowest BCUT2D eigenvalue weighted by molar-refractivity contribution is 1.75. The minimum Gasteiger partial charge on any atom is -0.0616 e. The summed E-state index contributed by atoms with van der Waals surface area (Å²) in [6, 6.07) is 14.3. The van der Waals surface area contributed by atoms with Crippen molar-refractivity contribution >= 4 is 10.8 Å². The number of benzene rings is 2. The molecule has 0 radical (unpaired) electrons. The van der Waals surface area contributed by atoms with Gasteiger partial charge in [-0.25, -0.2) is 0 Å². The second kappa shape index (κ2) is 2.14. The highest BCUT2D eigenvalue weighted by molar-refractivity contribution is 5.81. The highest BCUT2D eigenvalue weighted by Gasteiger charge is 1.85. The van der Waals surface area contributed by atoms with Crippen LogP contribution in [0.5, 0.6) is 0 Å². The summed E-state index contributed by atoms with van der Waals surface area (Å²) in [6.07, 6.45) is 0. The van der Waals surface area contributed by atoms with Gasteiger partial charge in [0.25, 0.3) is 0 Å². The standard InChI is InChI=1S/C10H8/c1-2-6-10-8-4-3-7-9(10)5-1/h1-8H/i1+1,5D. The molecule has 0 atom stereocenters. The van der Waals surface area contributed by atoms with Gasteiger partial charge in [0.05, 0.1) is 1.37 Å². The van der Waals surface area contributed by atoms with Gasteiger partial charge in [0.2, 0.25) is 0 Å². The van der Waals surface area contributed by atoms with E-state index in [-0.39, 0.29) is 0 Å². The van der Waals surface area contributed by atoms with Gasteiger partial charge in [-0.15, -0.1) is 0 Å². The van der Waals surface area contributed by atoms with Crippen LogP contribution in [-0.4, -0.2) is 0 Å². The van der Waals surface area contributed by atoms with E-state index in [4.69, 9.17) is 1.37 Å². The maximum atomic E-state index is 7.56. The monoisotopic (exact) mass is 130 g/mol. The first-order chi connectivity index (χ1) is 5.38. The van der Waals surface area contributed by atoms with Crippen molar-refractivity contribution < 1.29 is 1.37 Å². The normalized spacial score (nSPS) is 11.4. The SMILES string of the molecule is [2H]c1[13cH]ccc2ccccc12. The fourth-order valence-corrected chi connectivity index (χ4v) is 1.06. The zero-order valence-electron chi connectivity index (χ0n) is 6.54. The van der Waals surface area contributed by atoms with Gasteiger partial charge in [0.1, 0.15) is 0 Å². The number of rotatable bonds is 0. The van der Waals surface area contributed by atoms with Gasteiger partial charge in [-0.2, -0.15) is 0 Å². The Morgan fingerprint density at radius 1 is 0.800 bits per heavy atom. The molecule has 0 aliphatic heterocycles. The van der Waals surface area contributed by atoms with E-state index in [2.05, 4.69) is 0 Å². The lowest BCUT2D eigenvalue weighted by Gasteiger charge is -1.92. The van der Waals surface area contributed by atoms with Crippen molar-refractivity contribution in [3.63, 3.8) is 0 Å². The Kier molecular flexibility index (Phi) is 0.966. The molecule has 2 aromatic carbocycles. The van der Waals surface area contributed by atoms with Crippen LogP contribution in [-0.2, 0) is 0 Å². The first kappa shape index (κ1) is 4.51. The van der Waals surface area contributed by atoms with Crippen molar-refractivity contribution in [1.29, 1.82) is 0 Å². The fourth-order valence-electron chi connectivity index (χ4n) is 1.06. The third-order valence-electron chi connectivity index (χ3n) is 1.57. The fraction of sp³-hybridized carbons (Fsp3) is 0. The molecule has 0 nitrogen and oxygen atoms in total. The lowest BCUT2D eigenvalue weighted by Crippen LogP contribution is -1.67. The van der Waals surface area contributed by atoms with E-state index in [1.54, 1.807) is 0 Å². The molecule has 0 aliphatic rings. The van der Waals surface area contributed by atoms with E-state index in [0.29, 0.717) is 6.04 Å². The second-order valence-electron chi connectivity index (χ2n) is 2.26. The first-order valence-electron chi connectivity index (χ1n) is 3.82. The highest BCUT2D eigenvalue weighted by atomic mass is 14.0. The van der Waals surface area contributed by atoms with E-state index in [0.717, 1.165) is 10.8 Å². The summed E-state index contributed by atoms with van der Waals surface area (Å²) in [5, 5.41) is 2.16. The molecule has 0 spiro atoms. The molecule has 0 fully saturated rings. The summed E-state index contributed by atoms with van der Waals surface area (Å²) in [5.41, 5.74) is 0. The number of hydrogen-bond acceptors (Lipinski definition) is 0. The Hall–Kier alpha value is -1.30. The largest absolute Gasteiger partial charge is 0.0629 e. The zero-order chi connectivity index (χ0) is 7.68. The van der Waals surface area contributed by atoms with Crippen LogP contribution >= 0.6 is 0 Å². The van der Waals surface area contributed by atoms with Gasteiger partial charge < -0.3 is 0 Å². The molecule has 0 aromatic heterocycles. The van der Waals surface area contributed by atoms with Crippen molar-refractivity contribution in [3.05, 3.63) is 48.5 Å². The van der Waals surface area contributed by atoms with E-state index < -0.39 is 0 Å². The van der Waals surface area contributed by atoms with Crippen molar-refractivity contribution in [3.8, 4) is 0 Å². The van der Waals surface area contributed by atoms with Crippen LogP contribution < -0.4 is 0 Å². The van der Waals surface area contributed by atoms with Gasteiger partial charge in [0.15, 0.2) is 0 Å². The van der Waals surface area contributed by atoms with E-state index in [1.165, 1.54) is 0 Å². The van der Waals surface area contributed by atoms with Crippen molar-refractivity contribution in [2.24, 2.45) is 0 Å². The van der Waals surface area contributed by atoms with Crippen LogP contribution in [0.2, 0.25) is 0 Å². The van der Waals surface area contributed by atoms with E-state index >= 15 is 0 Å². The Labute approximate surface area is 61.5 Å². The van der Waals surface area contributed by atoms with Gasteiger partial charge >= 0.3 is 0 Å². The van der Waals surface area contributed by atoms with E-state index in [1.807, 2.05) is 42.5 Å². The summed E-state index contributed by atoms with van der Waals surface area (Å²) in [6.45, 7) is 0. The summed E-state index contributed by atoms with van der Waals surface area (Å²) < 4.78 is 7.56. The lowest BCUT2D eigenvalue weighted by atomic mass is 10.2. The minimum atomic E-state index is 0.600. The van der Waals surface area contributed by atoms with Gasteiger partial charge in [-0.05, 0) is 10.8 Å². The average Bonchev–Trinajstić information content (AvgIpc) is 2.06. The summed E-state index contributed by atoms with van der Waals surface area (Å²) in [4.78, 5) is 0. The Morgan fingerprint density at radius 3 is 2.10 bits per heavy atom. The zero-order valence-corrected chi connectivity index (χ0v) is 5.54. The van der Waals surface area contributed by atoms with Crippen molar-refractivity contribution in [1.82, 2.24) is 0 Å². The molecule has 0 heteroatoms. The molecule has 0 aliphatic carbocycles. The molecule has 0 amide bonds. The molecule has 0 saturated heterocycles. The van der Waals surface area contributed by atoms with Gasteiger partial charge in [-0.1, -0.05) is 48.5 Å². The third kappa shape index (κ3) is 0.781. The first-order valence-corrected chi connectivity index (χ1v) is 3.32. The van der Waals surface area contributed by atoms with Gasteiger partial charge in [0, 0.05) is 0 Å². The smallest absolute Gasteiger partial charge is 0.0616 e. The average molecular weight is 130 g/mol. The van der Waals surface area contributed by atoms with Crippen molar-refractivity contribution in [2.45, 2.75) is 0 Å². The molecule has 0 N–H and O–H groups in total. The maximum Gasteiger partial charge on any atom is 0.0629 e. The Bertz CT molecular complexity index is 374. The molecule has 2 aromatic rings. The van der Waals surface area contributed by atoms with Gasteiger partial charge in [-0.3, -0.25) is 0 Å². The Morgan fingerprint density at radius 2 is 1.40 bits per heavy atom. The molecular weight excluding hydrogens is 121 g/mol. The minimum absolute atomic E-state index is 0.600. The topological polar surface area (TPSA) is 0 Å². The molecule has 0 heterocycles. The van der Waals surface area contributed by atoms with Crippen molar-refractivity contribution in [2.75, 3.05) is 0 Å². The van der Waals surface area contributed by atoms with Crippen LogP contribution in [0.4, 0.5) is 0 Å². The number of hydrogen-bond donors (Lipinski definition) is 0. The van der Waals surface area contributed by atoms with Crippen LogP contribution in [0.1, 0.15) is 1.37 Å². The maximum absolute atomic E-state index is 7.56. The molecule has 2 rings (SSSR count). The van der Waals surface area contributed by atoms with Crippen LogP contribution in [0.25, 0.3) is 10.8 Å². The molecule has 0 bridgehead atoms. The quantitative estimate of drug-likeness (QED) is 0.514. The van der Waals surface area contributed by atoms with Crippen LogP contribution in [0, 0.1) is 0 Å². The molecule has 0 unspecified atom stereocenters. The summed E-state index contributed by atoms with van der Waals surface area (Å²) in [7, 11) is 0. The predicted octanol–water partition coefficient (Wildman–Crippen LogP) is 2.84. The summed E-state index contributed by atoms with van der Waals surface area (Å²) in [5.74, 6) is 0. The number of fused-ring (bicyclic) bond motifs is 1. The highest BCUT2D eigenvalue weighted by Crippen LogP contribution is 2.11. The molecule has 48 valence electrons. The predicted molar refractivity (Wildman–Crippen MR) is 43.9 cm³/mol. The van der Waals surface area contributed by atoms with Crippen LogP contribution in [0.3, 0.4) is 0 Å². The van der Waals surface area contributed by atoms with E-state index in [9.17, 15) is 0 Å². The molecule has 0 saturated carbocycles. The Balaban J connectivity index is 2.91. The van der Waals surface area contributed by atoms with Crippen LogP contribution in [0.15, 0.2) is 48.5 Å². The third-order valence-corrected chi connectivity index (χ3v) is 1.57. The second-order valence-corrected chi connectivity index (χ2v) is 2.26.